The summed E-state index contributed by atoms with van der Waals surface area (Å²) in [6.45, 7) is 3.75. The zero-order valence-electron chi connectivity index (χ0n) is 13.7. The molecule has 5 heteroatoms. The van der Waals surface area contributed by atoms with Crippen molar-refractivity contribution in [3.8, 4) is 11.5 Å². The molecule has 1 amide bonds. The molecular formula is C18H20N2O3. The van der Waals surface area contributed by atoms with Crippen LogP contribution < -0.4 is 14.8 Å². The fourth-order valence-electron chi connectivity index (χ4n) is 2.17. The van der Waals surface area contributed by atoms with Gasteiger partial charge in [0.2, 0.25) is 5.91 Å². The Bertz CT molecular complexity index is 739. The number of rotatable bonds is 5. The van der Waals surface area contributed by atoms with Gasteiger partial charge in [0.05, 0.1) is 14.2 Å². The molecule has 5 nitrogen and oxygen atoms in total. The minimum Gasteiger partial charge on any atom is -0.497 e. The van der Waals surface area contributed by atoms with Crippen LogP contribution >= 0.6 is 0 Å². The van der Waals surface area contributed by atoms with Gasteiger partial charge in [-0.1, -0.05) is 6.07 Å². The summed E-state index contributed by atoms with van der Waals surface area (Å²) in [4.78, 5) is 16.3. The number of amides is 1. The summed E-state index contributed by atoms with van der Waals surface area (Å²) in [7, 11) is 3.18. The summed E-state index contributed by atoms with van der Waals surface area (Å²) in [5.74, 6) is 1.68. The third kappa shape index (κ3) is 4.10. The van der Waals surface area contributed by atoms with Crippen molar-refractivity contribution in [3.05, 3.63) is 53.7 Å². The highest BCUT2D eigenvalue weighted by Gasteiger charge is 2.09. The monoisotopic (exact) mass is 312 g/mol. The standard InChI is InChI=1S/C18H20N2O3/c1-12-6-5-9-19-18(12)20-17(21)10-13(2)15-8-7-14(22-3)11-16(15)23-4/h5-11H,1-4H3,(H,19,20,21)/b13-10+. The van der Waals surface area contributed by atoms with Gasteiger partial charge in [0.1, 0.15) is 17.3 Å². The van der Waals surface area contributed by atoms with Crippen LogP contribution in [0.3, 0.4) is 0 Å². The second-order valence-electron chi connectivity index (χ2n) is 5.05. The van der Waals surface area contributed by atoms with Crippen molar-refractivity contribution < 1.29 is 14.3 Å². The molecule has 0 radical (unpaired) electrons. The number of hydrogen-bond acceptors (Lipinski definition) is 4. The average molecular weight is 312 g/mol. The van der Waals surface area contributed by atoms with Crippen molar-refractivity contribution in [1.82, 2.24) is 4.98 Å². The Morgan fingerprint density at radius 2 is 2.00 bits per heavy atom. The highest BCUT2D eigenvalue weighted by molar-refractivity contribution is 6.03. The number of carbonyl (C=O) groups excluding carboxylic acids is 1. The van der Waals surface area contributed by atoms with Crippen molar-refractivity contribution in [2.24, 2.45) is 0 Å². The molecule has 120 valence electrons. The second kappa shape index (κ2) is 7.45. The van der Waals surface area contributed by atoms with Crippen molar-refractivity contribution in [2.75, 3.05) is 19.5 Å². The minimum atomic E-state index is -0.234. The Kier molecular flexibility index (Phi) is 5.36. The molecule has 1 aromatic carbocycles. The van der Waals surface area contributed by atoms with E-state index in [1.165, 1.54) is 6.08 Å². The number of allylic oxidation sites excluding steroid dienone is 1. The molecule has 2 aromatic rings. The number of anilines is 1. The number of hydrogen-bond donors (Lipinski definition) is 1. The molecule has 1 heterocycles. The fraction of sp³-hybridized carbons (Fsp3) is 0.222. The molecule has 0 spiro atoms. The quantitative estimate of drug-likeness (QED) is 0.859. The second-order valence-corrected chi connectivity index (χ2v) is 5.05. The van der Waals surface area contributed by atoms with Gasteiger partial charge in [0.15, 0.2) is 0 Å². The highest BCUT2D eigenvalue weighted by Crippen LogP contribution is 2.29. The number of carbonyl (C=O) groups is 1. The Morgan fingerprint density at radius 3 is 2.65 bits per heavy atom. The maximum absolute atomic E-state index is 12.2. The number of aromatic nitrogens is 1. The van der Waals surface area contributed by atoms with E-state index in [1.54, 1.807) is 26.5 Å². The van der Waals surface area contributed by atoms with Crippen LogP contribution in [0.2, 0.25) is 0 Å². The first-order valence-corrected chi connectivity index (χ1v) is 7.18. The number of benzene rings is 1. The largest absolute Gasteiger partial charge is 0.497 e. The smallest absolute Gasteiger partial charge is 0.249 e. The number of aryl methyl sites for hydroxylation is 1. The molecule has 0 unspecified atom stereocenters. The van der Waals surface area contributed by atoms with E-state index in [0.29, 0.717) is 17.3 Å². The minimum absolute atomic E-state index is 0.234. The van der Waals surface area contributed by atoms with Crippen molar-refractivity contribution in [2.45, 2.75) is 13.8 Å². The maximum atomic E-state index is 12.2. The molecule has 0 aliphatic heterocycles. The molecule has 0 aliphatic rings. The summed E-state index contributed by atoms with van der Waals surface area (Å²) in [5, 5.41) is 2.78. The number of nitrogens with zero attached hydrogens (tertiary/aromatic N) is 1. The summed E-state index contributed by atoms with van der Waals surface area (Å²) < 4.78 is 10.5. The Hall–Kier alpha value is -2.82. The molecule has 0 atom stereocenters. The van der Waals surface area contributed by atoms with Gasteiger partial charge in [-0.15, -0.1) is 0 Å². The molecule has 0 bridgehead atoms. The van der Waals surface area contributed by atoms with E-state index >= 15 is 0 Å². The molecular weight excluding hydrogens is 292 g/mol. The van der Waals surface area contributed by atoms with E-state index in [4.69, 9.17) is 9.47 Å². The normalized spacial score (nSPS) is 11.0. The van der Waals surface area contributed by atoms with Gasteiger partial charge < -0.3 is 14.8 Å². The summed E-state index contributed by atoms with van der Waals surface area (Å²) in [6.07, 6.45) is 3.17. The number of nitrogens with one attached hydrogen (secondary N) is 1. The summed E-state index contributed by atoms with van der Waals surface area (Å²) in [5.41, 5.74) is 2.53. The van der Waals surface area contributed by atoms with E-state index in [2.05, 4.69) is 10.3 Å². The van der Waals surface area contributed by atoms with E-state index in [-0.39, 0.29) is 5.91 Å². The van der Waals surface area contributed by atoms with E-state index in [9.17, 15) is 4.79 Å². The fourth-order valence-corrected chi connectivity index (χ4v) is 2.17. The van der Waals surface area contributed by atoms with Crippen LogP contribution in [0.4, 0.5) is 5.82 Å². The first kappa shape index (κ1) is 16.5. The van der Waals surface area contributed by atoms with Gasteiger partial charge in [-0.3, -0.25) is 4.79 Å². The average Bonchev–Trinajstić information content (AvgIpc) is 2.56. The van der Waals surface area contributed by atoms with E-state index in [0.717, 1.165) is 16.7 Å². The first-order valence-electron chi connectivity index (χ1n) is 7.18. The lowest BCUT2D eigenvalue weighted by Crippen LogP contribution is -2.11. The van der Waals surface area contributed by atoms with Gasteiger partial charge in [-0.2, -0.15) is 0 Å². The third-order valence-electron chi connectivity index (χ3n) is 3.43. The van der Waals surface area contributed by atoms with E-state index in [1.807, 2.05) is 38.1 Å². The predicted molar refractivity (Wildman–Crippen MR) is 90.8 cm³/mol. The van der Waals surface area contributed by atoms with Crippen molar-refractivity contribution in [3.63, 3.8) is 0 Å². The lowest BCUT2D eigenvalue weighted by atomic mass is 10.1. The molecule has 23 heavy (non-hydrogen) atoms. The molecule has 0 aliphatic carbocycles. The molecule has 0 fully saturated rings. The topological polar surface area (TPSA) is 60.5 Å². The van der Waals surface area contributed by atoms with Crippen LogP contribution in [0.1, 0.15) is 18.1 Å². The van der Waals surface area contributed by atoms with Crippen LogP contribution in [-0.2, 0) is 4.79 Å². The zero-order valence-corrected chi connectivity index (χ0v) is 13.7. The molecule has 0 saturated carbocycles. The SMILES string of the molecule is COc1ccc(/C(C)=C/C(=O)Nc2ncccc2C)c(OC)c1. The third-order valence-corrected chi connectivity index (χ3v) is 3.43. The van der Waals surface area contributed by atoms with Crippen LogP contribution in [0.15, 0.2) is 42.6 Å². The summed E-state index contributed by atoms with van der Waals surface area (Å²) in [6, 6.07) is 9.20. The summed E-state index contributed by atoms with van der Waals surface area (Å²) >= 11 is 0. The van der Waals surface area contributed by atoms with Gasteiger partial charge in [0.25, 0.3) is 0 Å². The Balaban J connectivity index is 2.22. The number of methoxy groups -OCH3 is 2. The van der Waals surface area contributed by atoms with Gasteiger partial charge in [-0.25, -0.2) is 4.98 Å². The van der Waals surface area contributed by atoms with Gasteiger partial charge in [0, 0.05) is 23.9 Å². The van der Waals surface area contributed by atoms with Crippen LogP contribution in [0.5, 0.6) is 11.5 Å². The molecule has 2 rings (SSSR count). The van der Waals surface area contributed by atoms with E-state index < -0.39 is 0 Å². The first-order chi connectivity index (χ1) is 11.0. The van der Waals surface area contributed by atoms with Gasteiger partial charge >= 0.3 is 0 Å². The van der Waals surface area contributed by atoms with Crippen LogP contribution in [0.25, 0.3) is 5.57 Å². The molecule has 0 saturated heterocycles. The Morgan fingerprint density at radius 1 is 1.22 bits per heavy atom. The lowest BCUT2D eigenvalue weighted by molar-refractivity contribution is -0.111. The number of pyridine rings is 1. The Labute approximate surface area is 136 Å². The van der Waals surface area contributed by atoms with Gasteiger partial charge in [-0.05, 0) is 43.2 Å². The predicted octanol–water partition coefficient (Wildman–Crippen LogP) is 3.45. The van der Waals surface area contributed by atoms with Crippen molar-refractivity contribution in [1.29, 1.82) is 0 Å². The van der Waals surface area contributed by atoms with Crippen molar-refractivity contribution >= 4 is 17.3 Å². The zero-order chi connectivity index (χ0) is 16.8. The lowest BCUT2D eigenvalue weighted by Gasteiger charge is -2.11. The maximum Gasteiger partial charge on any atom is 0.249 e. The number of ether oxygens (including phenoxy) is 2. The molecule has 1 aromatic heterocycles. The molecule has 1 N–H and O–H groups in total. The van der Waals surface area contributed by atoms with Crippen LogP contribution in [0, 0.1) is 6.92 Å². The van der Waals surface area contributed by atoms with Crippen LogP contribution in [-0.4, -0.2) is 25.1 Å². The highest BCUT2D eigenvalue weighted by atomic mass is 16.5.